The Balaban J connectivity index is 1.77. The number of carbonyl (C=O) groups is 1. The van der Waals surface area contributed by atoms with Crippen LogP contribution in [0.2, 0.25) is 0 Å². The molecule has 3 aromatic rings. The van der Waals surface area contributed by atoms with Crippen LogP contribution >= 0.6 is 11.8 Å². The van der Waals surface area contributed by atoms with Crippen molar-refractivity contribution in [2.24, 2.45) is 0 Å². The van der Waals surface area contributed by atoms with Gasteiger partial charge in [0.25, 0.3) is 5.22 Å². The largest absolute Gasteiger partial charge is 0.493 e. The molecule has 1 aromatic heterocycles. The lowest BCUT2D eigenvalue weighted by Crippen LogP contribution is -1.99. The highest BCUT2D eigenvalue weighted by Gasteiger charge is 2.15. The maximum absolute atomic E-state index is 13.0. The van der Waals surface area contributed by atoms with Crippen molar-refractivity contribution in [3.05, 3.63) is 70.2 Å². The summed E-state index contributed by atoms with van der Waals surface area (Å²) >= 11 is 0.857. The molecule has 150 valence electrons. The van der Waals surface area contributed by atoms with Crippen molar-refractivity contribution in [2.45, 2.75) is 18.8 Å². The number of hydrogen-bond donors (Lipinski definition) is 1. The summed E-state index contributed by atoms with van der Waals surface area (Å²) < 4.78 is 29.3. The van der Waals surface area contributed by atoms with E-state index in [1.807, 2.05) is 0 Å². The number of ether oxygens (including phenoxy) is 2. The number of aliphatic carboxylic acids is 1. The monoisotopic (exact) mass is 416 g/mol. The van der Waals surface area contributed by atoms with Crippen LogP contribution in [0.1, 0.15) is 17.0 Å². The maximum Gasteiger partial charge on any atom is 0.342 e. The molecule has 0 radical (unpaired) electrons. The number of aryl methyl sites for hydroxylation is 1. The average molecular weight is 416 g/mol. The second kappa shape index (κ2) is 9.24. The van der Waals surface area contributed by atoms with Crippen molar-refractivity contribution in [2.75, 3.05) is 7.11 Å². The normalized spacial score (nSPS) is 11.3. The van der Waals surface area contributed by atoms with Gasteiger partial charge in [0.2, 0.25) is 5.89 Å². The molecule has 7 nitrogen and oxygen atoms in total. The second-order valence-electron chi connectivity index (χ2n) is 5.83. The summed E-state index contributed by atoms with van der Waals surface area (Å²) in [7, 11) is 1.49. The van der Waals surface area contributed by atoms with Crippen molar-refractivity contribution in [3.63, 3.8) is 0 Å². The molecular weight excluding hydrogens is 399 g/mol. The molecule has 1 N–H and O–H groups in total. The second-order valence-corrected chi connectivity index (χ2v) is 6.82. The van der Waals surface area contributed by atoms with E-state index >= 15 is 0 Å². The third-order valence-electron chi connectivity index (χ3n) is 3.71. The fraction of sp³-hybridized carbons (Fsp3) is 0.150. The number of nitrogens with zero attached hydrogens (tertiary/aromatic N) is 2. The molecule has 0 amide bonds. The van der Waals surface area contributed by atoms with E-state index in [0.29, 0.717) is 23.0 Å². The van der Waals surface area contributed by atoms with Crippen LogP contribution in [-0.2, 0) is 11.4 Å². The van der Waals surface area contributed by atoms with E-state index < -0.39 is 5.97 Å². The van der Waals surface area contributed by atoms with Gasteiger partial charge in [-0.15, -0.1) is 10.2 Å². The van der Waals surface area contributed by atoms with Gasteiger partial charge in [0.05, 0.1) is 7.11 Å². The first-order valence-corrected chi connectivity index (χ1v) is 9.24. The first-order valence-electron chi connectivity index (χ1n) is 8.43. The van der Waals surface area contributed by atoms with Crippen LogP contribution in [0.25, 0.3) is 6.08 Å². The van der Waals surface area contributed by atoms with E-state index in [1.165, 1.54) is 25.3 Å². The quantitative estimate of drug-likeness (QED) is 0.428. The molecule has 1 heterocycles. The first-order chi connectivity index (χ1) is 13.9. The van der Waals surface area contributed by atoms with Gasteiger partial charge in [-0.1, -0.05) is 18.2 Å². The molecule has 0 unspecified atom stereocenters. The Morgan fingerprint density at radius 2 is 1.97 bits per heavy atom. The lowest BCUT2D eigenvalue weighted by Gasteiger charge is -2.11. The molecule has 0 aliphatic carbocycles. The zero-order valence-electron chi connectivity index (χ0n) is 15.6. The van der Waals surface area contributed by atoms with Gasteiger partial charge in [-0.2, -0.15) is 0 Å². The van der Waals surface area contributed by atoms with Crippen molar-refractivity contribution in [1.29, 1.82) is 0 Å². The lowest BCUT2D eigenvalue weighted by atomic mass is 10.2. The van der Waals surface area contributed by atoms with Crippen LogP contribution in [0.15, 0.2) is 57.0 Å². The molecule has 2 aromatic carbocycles. The maximum atomic E-state index is 13.0. The topological polar surface area (TPSA) is 94.7 Å². The van der Waals surface area contributed by atoms with E-state index in [4.69, 9.17) is 13.9 Å². The van der Waals surface area contributed by atoms with Gasteiger partial charge in [0.1, 0.15) is 17.3 Å². The SMILES string of the molecule is COc1cc(/C=C(\Sc2nnc(C)o2)C(=O)O)ccc1OCc1ccc(F)cc1. The molecule has 3 rings (SSSR count). The Morgan fingerprint density at radius 1 is 1.21 bits per heavy atom. The highest BCUT2D eigenvalue weighted by atomic mass is 32.2. The Morgan fingerprint density at radius 3 is 2.59 bits per heavy atom. The number of benzene rings is 2. The van der Waals surface area contributed by atoms with Crippen LogP contribution < -0.4 is 9.47 Å². The summed E-state index contributed by atoms with van der Waals surface area (Å²) in [5.74, 6) is -0.177. The molecule has 0 saturated heterocycles. The third-order valence-corrected chi connectivity index (χ3v) is 4.56. The van der Waals surface area contributed by atoms with Gasteiger partial charge in [0, 0.05) is 6.92 Å². The molecule has 9 heteroatoms. The van der Waals surface area contributed by atoms with Crippen LogP contribution in [0.3, 0.4) is 0 Å². The molecule has 0 aliphatic rings. The summed E-state index contributed by atoms with van der Waals surface area (Å²) in [6, 6.07) is 11.0. The van der Waals surface area contributed by atoms with Crippen LogP contribution in [0.5, 0.6) is 11.5 Å². The van der Waals surface area contributed by atoms with E-state index in [9.17, 15) is 14.3 Å². The van der Waals surface area contributed by atoms with Gasteiger partial charge in [0.15, 0.2) is 11.5 Å². The molecule has 0 atom stereocenters. The van der Waals surface area contributed by atoms with Crippen molar-refractivity contribution < 1.29 is 28.2 Å². The molecule has 0 fully saturated rings. The standard InChI is InChI=1S/C20H17FN2O5S/c1-12-22-23-20(28-12)29-18(19(24)25)10-14-5-8-16(17(9-14)26-2)27-11-13-3-6-15(21)7-4-13/h3-10H,11H2,1-2H3,(H,24,25)/b18-10-. The van der Waals surface area contributed by atoms with Crippen molar-refractivity contribution >= 4 is 23.8 Å². The van der Waals surface area contributed by atoms with Crippen molar-refractivity contribution in [1.82, 2.24) is 10.2 Å². The van der Waals surface area contributed by atoms with Gasteiger partial charge in [-0.25, -0.2) is 9.18 Å². The zero-order chi connectivity index (χ0) is 20.8. The van der Waals surface area contributed by atoms with E-state index in [0.717, 1.165) is 17.3 Å². The molecule has 29 heavy (non-hydrogen) atoms. The number of hydrogen-bond acceptors (Lipinski definition) is 7. The van der Waals surface area contributed by atoms with Gasteiger partial charge < -0.3 is 19.0 Å². The Kier molecular flexibility index (Phi) is 6.50. The summed E-state index contributed by atoms with van der Waals surface area (Å²) in [5, 5.41) is 17.1. The highest BCUT2D eigenvalue weighted by molar-refractivity contribution is 8.03. The number of aromatic nitrogens is 2. The molecule has 0 saturated carbocycles. The smallest absolute Gasteiger partial charge is 0.342 e. The Labute approximate surface area is 170 Å². The minimum Gasteiger partial charge on any atom is -0.493 e. The third kappa shape index (κ3) is 5.58. The molecule has 0 aliphatic heterocycles. The summed E-state index contributed by atoms with van der Waals surface area (Å²) in [4.78, 5) is 11.6. The van der Waals surface area contributed by atoms with Crippen LogP contribution in [0.4, 0.5) is 4.39 Å². The van der Waals surface area contributed by atoms with Gasteiger partial charge in [-0.05, 0) is 53.2 Å². The lowest BCUT2D eigenvalue weighted by molar-refractivity contribution is -0.131. The minimum absolute atomic E-state index is 0.00989. The number of rotatable bonds is 8. The predicted octanol–water partition coefficient (Wildman–Crippen LogP) is 4.32. The van der Waals surface area contributed by atoms with Gasteiger partial charge in [-0.3, -0.25) is 0 Å². The van der Waals surface area contributed by atoms with E-state index in [1.54, 1.807) is 37.3 Å². The summed E-state index contributed by atoms with van der Waals surface area (Å²) in [6.07, 6.45) is 1.47. The summed E-state index contributed by atoms with van der Waals surface area (Å²) in [5.41, 5.74) is 1.40. The van der Waals surface area contributed by atoms with Crippen LogP contribution in [-0.4, -0.2) is 28.4 Å². The predicted molar refractivity (Wildman–Crippen MR) is 104 cm³/mol. The summed E-state index contributed by atoms with van der Waals surface area (Å²) in [6.45, 7) is 1.86. The zero-order valence-corrected chi connectivity index (χ0v) is 16.4. The Bertz CT molecular complexity index is 1030. The highest BCUT2D eigenvalue weighted by Crippen LogP contribution is 2.32. The molecule has 0 bridgehead atoms. The number of carboxylic acids is 1. The van der Waals surface area contributed by atoms with E-state index in [-0.39, 0.29) is 22.6 Å². The molecule has 0 spiro atoms. The number of thioether (sulfide) groups is 1. The minimum atomic E-state index is -1.12. The van der Waals surface area contributed by atoms with E-state index in [2.05, 4.69) is 10.2 Å². The van der Waals surface area contributed by atoms with Crippen molar-refractivity contribution in [3.8, 4) is 11.5 Å². The van der Waals surface area contributed by atoms with Crippen LogP contribution in [0, 0.1) is 12.7 Å². The Hall–Kier alpha value is -3.33. The first kappa shape index (κ1) is 20.4. The number of halogens is 1. The average Bonchev–Trinajstić information content (AvgIpc) is 3.12. The fourth-order valence-electron chi connectivity index (χ4n) is 2.33. The number of carboxylic acid groups (broad SMARTS) is 1. The van der Waals surface area contributed by atoms with Gasteiger partial charge >= 0.3 is 5.97 Å². The number of methoxy groups -OCH3 is 1. The molecular formula is C20H17FN2O5S. The fourth-order valence-corrected chi connectivity index (χ4v) is 3.05.